The van der Waals surface area contributed by atoms with Gasteiger partial charge in [-0.2, -0.15) is 0 Å². The highest BCUT2D eigenvalue weighted by Gasteiger charge is 2.10. The Bertz CT molecular complexity index is 1370. The third-order valence-corrected chi connectivity index (χ3v) is 5.33. The van der Waals surface area contributed by atoms with Crippen molar-refractivity contribution in [1.29, 1.82) is 0 Å². The van der Waals surface area contributed by atoms with Crippen LogP contribution in [-0.2, 0) is 7.05 Å². The zero-order valence-corrected chi connectivity index (χ0v) is 16.1. The van der Waals surface area contributed by atoms with Gasteiger partial charge >= 0.3 is 0 Å². The SMILES string of the molecule is Cn1c2cc(-c3ccccc3)[nH][nH]c=2n(-c2ccc(Cl)cc2)c2ccccc21. The lowest BCUT2D eigenvalue weighted by Crippen LogP contribution is -2.11. The lowest BCUT2D eigenvalue weighted by molar-refractivity contribution is 0.800. The Kier molecular flexibility index (Phi) is 3.99. The van der Waals surface area contributed by atoms with E-state index in [0.717, 1.165) is 43.8 Å². The number of halogens is 1. The first-order chi connectivity index (χ1) is 13.7. The van der Waals surface area contributed by atoms with Gasteiger partial charge in [0.05, 0.1) is 22.1 Å². The fourth-order valence-corrected chi connectivity index (χ4v) is 3.80. The second-order valence-corrected chi connectivity index (χ2v) is 7.20. The monoisotopic (exact) mass is 386 g/mol. The van der Waals surface area contributed by atoms with E-state index < -0.39 is 0 Å². The maximum atomic E-state index is 6.12. The molecule has 3 aromatic carbocycles. The number of fused-ring (bicyclic) bond motifs is 1. The summed E-state index contributed by atoms with van der Waals surface area (Å²) in [6, 6.07) is 28.8. The minimum absolute atomic E-state index is 0.723. The van der Waals surface area contributed by atoms with Gasteiger partial charge in [-0.15, -0.1) is 0 Å². The lowest BCUT2D eigenvalue weighted by atomic mass is 10.1. The highest BCUT2D eigenvalue weighted by atomic mass is 35.5. The topological polar surface area (TPSA) is 41.4 Å². The first-order valence-corrected chi connectivity index (χ1v) is 9.52. The Hall–Kier alpha value is -3.37. The van der Waals surface area contributed by atoms with Crippen molar-refractivity contribution in [2.45, 2.75) is 0 Å². The van der Waals surface area contributed by atoms with E-state index in [0.29, 0.717) is 0 Å². The van der Waals surface area contributed by atoms with Gasteiger partial charge in [0.1, 0.15) is 0 Å². The molecule has 0 aromatic heterocycles. The second-order valence-electron chi connectivity index (χ2n) is 6.77. The quantitative estimate of drug-likeness (QED) is 0.385. The molecule has 2 aliphatic rings. The molecule has 5 heteroatoms. The summed E-state index contributed by atoms with van der Waals surface area (Å²) in [5, 5.41) is 8.59. The average molecular weight is 387 g/mol. The van der Waals surface area contributed by atoms with Crippen LogP contribution >= 0.6 is 11.6 Å². The van der Waals surface area contributed by atoms with Crippen LogP contribution in [0.2, 0.25) is 5.02 Å². The molecule has 2 heterocycles. The van der Waals surface area contributed by atoms with E-state index in [1.165, 1.54) is 0 Å². The van der Waals surface area contributed by atoms with E-state index in [4.69, 9.17) is 11.6 Å². The predicted molar refractivity (Wildman–Crippen MR) is 114 cm³/mol. The van der Waals surface area contributed by atoms with Gasteiger partial charge in [0.2, 0.25) is 0 Å². The summed E-state index contributed by atoms with van der Waals surface area (Å²) in [7, 11) is 2.10. The van der Waals surface area contributed by atoms with E-state index >= 15 is 0 Å². The van der Waals surface area contributed by atoms with Gasteiger partial charge in [0.25, 0.3) is 0 Å². The summed E-state index contributed by atoms with van der Waals surface area (Å²) in [4.78, 5) is 0. The third kappa shape index (κ3) is 2.70. The molecule has 0 unspecified atom stereocenters. The molecule has 0 spiro atoms. The van der Waals surface area contributed by atoms with Gasteiger partial charge < -0.3 is 4.57 Å². The zero-order chi connectivity index (χ0) is 19.1. The number of nitrogens with zero attached hydrogens (tertiary/aromatic N) is 2. The molecule has 0 bridgehead atoms. The zero-order valence-electron chi connectivity index (χ0n) is 15.4. The van der Waals surface area contributed by atoms with Gasteiger partial charge in [-0.1, -0.05) is 54.1 Å². The number of aromatic nitrogens is 4. The molecule has 28 heavy (non-hydrogen) atoms. The van der Waals surface area contributed by atoms with Gasteiger partial charge in [-0.05, 0) is 48.0 Å². The fourth-order valence-electron chi connectivity index (χ4n) is 3.68. The highest BCUT2D eigenvalue weighted by molar-refractivity contribution is 6.30. The summed E-state index contributed by atoms with van der Waals surface area (Å²) in [5.41, 5.74) is 6.43. The largest absolute Gasteiger partial charge is 0.340 e. The number of aryl methyl sites for hydroxylation is 1. The van der Waals surface area contributed by atoms with Crippen LogP contribution in [0.1, 0.15) is 0 Å². The number of hydrogen-bond acceptors (Lipinski definition) is 0. The van der Waals surface area contributed by atoms with Crippen molar-refractivity contribution in [3.8, 4) is 16.9 Å². The van der Waals surface area contributed by atoms with E-state index in [9.17, 15) is 0 Å². The van der Waals surface area contributed by atoms with Crippen molar-refractivity contribution in [2.75, 3.05) is 0 Å². The Morgan fingerprint density at radius 2 is 1.43 bits per heavy atom. The summed E-state index contributed by atoms with van der Waals surface area (Å²) < 4.78 is 4.43. The standard InChI is InChI=1S/C23H19ClN4/c1-27-20-9-5-6-10-21(20)28(18-13-11-17(24)12-14-18)23-22(27)15-19(25-26-23)16-7-3-2-4-8-16/h2-15,25-26H,1H3. The van der Waals surface area contributed by atoms with E-state index in [1.807, 2.05) is 42.5 Å². The summed E-state index contributed by atoms with van der Waals surface area (Å²) >= 11 is 6.12. The molecule has 0 saturated heterocycles. The lowest BCUT2D eigenvalue weighted by Gasteiger charge is -2.18. The number of hydrogen-bond donors (Lipinski definition) is 2. The molecule has 0 aliphatic carbocycles. The van der Waals surface area contributed by atoms with Crippen LogP contribution in [-0.4, -0.2) is 19.3 Å². The molecule has 0 radical (unpaired) electrons. The Balaban J connectivity index is 1.92. The Morgan fingerprint density at radius 1 is 0.750 bits per heavy atom. The van der Waals surface area contributed by atoms with Crippen LogP contribution < -0.4 is 0 Å². The molecule has 2 N–H and O–H groups in total. The van der Waals surface area contributed by atoms with Crippen LogP contribution in [0, 0.1) is 10.8 Å². The molecule has 0 amide bonds. The molecular formula is C23H19ClN4. The molecule has 2 aliphatic heterocycles. The van der Waals surface area contributed by atoms with Crippen molar-refractivity contribution >= 4 is 22.6 Å². The van der Waals surface area contributed by atoms with E-state index in [1.54, 1.807) is 0 Å². The molecule has 0 saturated carbocycles. The number of benzene rings is 3. The van der Waals surface area contributed by atoms with Crippen molar-refractivity contribution < 1.29 is 0 Å². The smallest absolute Gasteiger partial charge is 0.154 e. The summed E-state index contributed by atoms with van der Waals surface area (Å²) in [6.45, 7) is 0. The molecular weight excluding hydrogens is 368 g/mol. The first kappa shape index (κ1) is 16.8. The van der Waals surface area contributed by atoms with E-state index in [2.05, 4.69) is 68.8 Å². The molecule has 5 rings (SSSR count). The van der Waals surface area contributed by atoms with Gasteiger partial charge in [0.15, 0.2) is 5.48 Å². The molecule has 4 nitrogen and oxygen atoms in total. The Morgan fingerprint density at radius 3 is 2.18 bits per heavy atom. The number of aromatic amines is 2. The minimum atomic E-state index is 0.723. The van der Waals surface area contributed by atoms with E-state index in [-0.39, 0.29) is 0 Å². The molecule has 138 valence electrons. The van der Waals surface area contributed by atoms with Crippen LogP contribution in [0.5, 0.6) is 0 Å². The van der Waals surface area contributed by atoms with Gasteiger partial charge in [-0.25, -0.2) is 0 Å². The van der Waals surface area contributed by atoms with Crippen molar-refractivity contribution in [3.05, 3.63) is 101 Å². The number of para-hydroxylation sites is 2. The minimum Gasteiger partial charge on any atom is -0.340 e. The summed E-state index contributed by atoms with van der Waals surface area (Å²) in [6.07, 6.45) is 0. The van der Waals surface area contributed by atoms with Gasteiger partial charge in [0, 0.05) is 17.8 Å². The van der Waals surface area contributed by atoms with Crippen LogP contribution in [0.25, 0.3) is 28.0 Å². The van der Waals surface area contributed by atoms with Crippen molar-refractivity contribution in [2.24, 2.45) is 7.05 Å². The first-order valence-electron chi connectivity index (χ1n) is 9.14. The fraction of sp³-hybridized carbons (Fsp3) is 0.0435. The van der Waals surface area contributed by atoms with Crippen molar-refractivity contribution in [1.82, 2.24) is 19.3 Å². The predicted octanol–water partition coefficient (Wildman–Crippen LogP) is 5.79. The maximum absolute atomic E-state index is 6.12. The number of rotatable bonds is 2. The number of H-pyrrole nitrogens is 2. The summed E-state index contributed by atoms with van der Waals surface area (Å²) in [5.74, 6) is 0. The molecule has 0 atom stereocenters. The van der Waals surface area contributed by atoms with Crippen LogP contribution in [0.4, 0.5) is 0 Å². The molecule has 3 aromatic rings. The van der Waals surface area contributed by atoms with Crippen molar-refractivity contribution in [3.63, 3.8) is 0 Å². The normalized spacial score (nSPS) is 11.2. The van der Waals surface area contributed by atoms with Gasteiger partial charge in [-0.3, -0.25) is 14.8 Å². The Labute approximate surface area is 167 Å². The average Bonchev–Trinajstić information content (AvgIpc) is 2.76. The van der Waals surface area contributed by atoms with Crippen LogP contribution in [0.3, 0.4) is 0 Å². The second kappa shape index (κ2) is 6.66. The number of nitrogens with one attached hydrogen (secondary N) is 2. The molecule has 0 fully saturated rings. The maximum Gasteiger partial charge on any atom is 0.154 e. The third-order valence-electron chi connectivity index (χ3n) is 5.08. The van der Waals surface area contributed by atoms with Crippen LogP contribution in [0.15, 0.2) is 84.9 Å². The highest BCUT2D eigenvalue weighted by Crippen LogP contribution is 2.23.